The number of carbonyl (C=O) groups is 1. The Labute approximate surface area is 130 Å². The van der Waals surface area contributed by atoms with Crippen LogP contribution in [0.5, 0.6) is 0 Å². The first-order valence-electron chi connectivity index (χ1n) is 7.81. The van der Waals surface area contributed by atoms with Crippen LogP contribution in [0, 0.1) is 5.82 Å². The molecule has 3 rings (SSSR count). The van der Waals surface area contributed by atoms with Crippen LogP contribution in [-0.2, 0) is 12.8 Å². The summed E-state index contributed by atoms with van der Waals surface area (Å²) in [6, 6.07) is 12.0. The number of aryl methyl sites for hydroxylation is 2. The average Bonchev–Trinajstić information content (AvgIpc) is 2.55. The van der Waals surface area contributed by atoms with Gasteiger partial charge in [0.25, 0.3) is 5.91 Å². The monoisotopic (exact) mass is 297 g/mol. The van der Waals surface area contributed by atoms with Gasteiger partial charge < -0.3 is 5.32 Å². The highest BCUT2D eigenvalue weighted by Crippen LogP contribution is 2.24. The molecule has 0 radical (unpaired) electrons. The predicted molar refractivity (Wildman–Crippen MR) is 85.4 cm³/mol. The van der Waals surface area contributed by atoms with Crippen molar-refractivity contribution in [1.29, 1.82) is 0 Å². The van der Waals surface area contributed by atoms with Gasteiger partial charge >= 0.3 is 0 Å². The second kappa shape index (κ2) is 6.30. The second-order valence-corrected chi connectivity index (χ2v) is 5.94. The first-order valence-corrected chi connectivity index (χ1v) is 7.81. The molecular formula is C19H20FNO. The topological polar surface area (TPSA) is 29.1 Å². The maximum Gasteiger partial charge on any atom is 0.251 e. The smallest absolute Gasteiger partial charge is 0.251 e. The second-order valence-electron chi connectivity index (χ2n) is 5.94. The van der Waals surface area contributed by atoms with Gasteiger partial charge in [0.1, 0.15) is 5.82 Å². The van der Waals surface area contributed by atoms with E-state index in [1.807, 2.05) is 6.92 Å². The lowest BCUT2D eigenvalue weighted by atomic mass is 9.89. The van der Waals surface area contributed by atoms with Gasteiger partial charge in [-0.15, -0.1) is 0 Å². The lowest BCUT2D eigenvalue weighted by molar-refractivity contribution is 0.0940. The van der Waals surface area contributed by atoms with E-state index in [2.05, 4.69) is 23.5 Å². The average molecular weight is 297 g/mol. The van der Waals surface area contributed by atoms with Crippen molar-refractivity contribution in [3.8, 4) is 0 Å². The van der Waals surface area contributed by atoms with Gasteiger partial charge in [0, 0.05) is 5.56 Å². The summed E-state index contributed by atoms with van der Waals surface area (Å²) in [4.78, 5) is 12.2. The SMILES string of the molecule is C[C@H](NC(=O)c1ccc(F)cc1)c1ccc2c(c1)CCCC2. The molecule has 22 heavy (non-hydrogen) atoms. The molecule has 1 atom stereocenters. The molecule has 1 N–H and O–H groups in total. The molecule has 0 saturated carbocycles. The van der Waals surface area contributed by atoms with E-state index in [1.54, 1.807) is 0 Å². The zero-order valence-corrected chi connectivity index (χ0v) is 12.7. The summed E-state index contributed by atoms with van der Waals surface area (Å²) >= 11 is 0. The highest BCUT2D eigenvalue weighted by Gasteiger charge is 2.15. The number of amides is 1. The maximum atomic E-state index is 12.9. The summed E-state index contributed by atoms with van der Waals surface area (Å²) in [5.74, 6) is -0.510. The Morgan fingerprint density at radius 1 is 1.05 bits per heavy atom. The van der Waals surface area contributed by atoms with Gasteiger partial charge in [0.2, 0.25) is 0 Å². The van der Waals surface area contributed by atoms with E-state index in [0.717, 1.165) is 18.4 Å². The molecule has 1 aliphatic rings. The van der Waals surface area contributed by atoms with Crippen LogP contribution in [0.15, 0.2) is 42.5 Å². The number of hydrogen-bond acceptors (Lipinski definition) is 1. The van der Waals surface area contributed by atoms with E-state index in [1.165, 1.54) is 48.2 Å². The van der Waals surface area contributed by atoms with Crippen LogP contribution in [0.2, 0.25) is 0 Å². The Morgan fingerprint density at radius 3 is 2.45 bits per heavy atom. The molecule has 1 aliphatic carbocycles. The first kappa shape index (κ1) is 14.8. The standard InChI is InChI=1S/C19H20FNO/c1-13(21-19(22)15-8-10-18(20)11-9-15)16-7-6-14-4-2-3-5-17(14)12-16/h6-13H,2-5H2,1H3,(H,21,22)/t13-/m0/s1. The molecule has 0 aromatic heterocycles. The number of benzene rings is 2. The molecule has 0 aliphatic heterocycles. The van der Waals surface area contributed by atoms with Crippen molar-refractivity contribution in [2.45, 2.75) is 38.6 Å². The van der Waals surface area contributed by atoms with Crippen LogP contribution in [-0.4, -0.2) is 5.91 Å². The molecule has 0 saturated heterocycles. The number of hydrogen-bond donors (Lipinski definition) is 1. The molecule has 0 unspecified atom stereocenters. The Balaban J connectivity index is 1.72. The van der Waals surface area contributed by atoms with Gasteiger partial charge in [-0.2, -0.15) is 0 Å². The van der Waals surface area contributed by atoms with Crippen LogP contribution in [0.3, 0.4) is 0 Å². The number of rotatable bonds is 3. The lowest BCUT2D eigenvalue weighted by Crippen LogP contribution is -2.26. The van der Waals surface area contributed by atoms with Gasteiger partial charge in [0.15, 0.2) is 0 Å². The lowest BCUT2D eigenvalue weighted by Gasteiger charge is -2.20. The molecule has 0 bridgehead atoms. The van der Waals surface area contributed by atoms with Gasteiger partial charge in [-0.25, -0.2) is 4.39 Å². The summed E-state index contributed by atoms with van der Waals surface area (Å²) in [6.45, 7) is 1.98. The van der Waals surface area contributed by atoms with Crippen LogP contribution in [0.1, 0.15) is 52.9 Å². The Kier molecular flexibility index (Phi) is 4.23. The third kappa shape index (κ3) is 3.19. The molecule has 0 fully saturated rings. The van der Waals surface area contributed by atoms with E-state index in [-0.39, 0.29) is 17.8 Å². The highest BCUT2D eigenvalue weighted by atomic mass is 19.1. The van der Waals surface area contributed by atoms with E-state index < -0.39 is 0 Å². The summed E-state index contributed by atoms with van der Waals surface area (Å²) in [7, 11) is 0. The van der Waals surface area contributed by atoms with Gasteiger partial charge in [-0.1, -0.05) is 18.2 Å². The zero-order chi connectivity index (χ0) is 15.5. The minimum Gasteiger partial charge on any atom is -0.346 e. The van der Waals surface area contributed by atoms with Crippen LogP contribution in [0.4, 0.5) is 4.39 Å². The minimum absolute atomic E-state index is 0.0650. The van der Waals surface area contributed by atoms with Crippen molar-refractivity contribution in [2.24, 2.45) is 0 Å². The molecular weight excluding hydrogens is 277 g/mol. The van der Waals surface area contributed by atoms with Gasteiger partial charge in [-0.3, -0.25) is 4.79 Å². The van der Waals surface area contributed by atoms with Crippen LogP contribution in [0.25, 0.3) is 0 Å². The van der Waals surface area contributed by atoms with Gasteiger partial charge in [-0.05, 0) is 73.6 Å². The Morgan fingerprint density at radius 2 is 1.73 bits per heavy atom. The van der Waals surface area contributed by atoms with E-state index >= 15 is 0 Å². The fourth-order valence-corrected chi connectivity index (χ4v) is 2.99. The number of carbonyl (C=O) groups excluding carboxylic acids is 1. The molecule has 2 aromatic carbocycles. The number of fused-ring (bicyclic) bond motifs is 1. The molecule has 0 heterocycles. The zero-order valence-electron chi connectivity index (χ0n) is 12.7. The fraction of sp³-hybridized carbons (Fsp3) is 0.316. The summed E-state index contributed by atoms with van der Waals surface area (Å²) in [6.07, 6.45) is 4.80. The quantitative estimate of drug-likeness (QED) is 0.904. The molecule has 0 spiro atoms. The maximum absolute atomic E-state index is 12.9. The van der Waals surface area contributed by atoms with Crippen molar-refractivity contribution in [1.82, 2.24) is 5.32 Å². The first-order chi connectivity index (χ1) is 10.6. The Bertz CT molecular complexity index is 678. The minimum atomic E-state index is -0.334. The third-order valence-corrected chi connectivity index (χ3v) is 4.33. The van der Waals surface area contributed by atoms with Crippen LogP contribution >= 0.6 is 0 Å². The highest BCUT2D eigenvalue weighted by molar-refractivity contribution is 5.94. The largest absolute Gasteiger partial charge is 0.346 e. The van der Waals surface area contributed by atoms with Crippen molar-refractivity contribution < 1.29 is 9.18 Å². The van der Waals surface area contributed by atoms with Crippen molar-refractivity contribution in [3.05, 3.63) is 70.5 Å². The third-order valence-electron chi connectivity index (χ3n) is 4.33. The van der Waals surface area contributed by atoms with E-state index in [0.29, 0.717) is 5.56 Å². The van der Waals surface area contributed by atoms with E-state index in [4.69, 9.17) is 0 Å². The summed E-state index contributed by atoms with van der Waals surface area (Å²) < 4.78 is 12.9. The summed E-state index contributed by atoms with van der Waals surface area (Å²) in [5, 5.41) is 2.98. The molecule has 2 aromatic rings. The number of halogens is 1. The molecule has 114 valence electrons. The molecule has 3 heteroatoms. The van der Waals surface area contributed by atoms with Crippen molar-refractivity contribution in [2.75, 3.05) is 0 Å². The van der Waals surface area contributed by atoms with Gasteiger partial charge in [0.05, 0.1) is 6.04 Å². The summed E-state index contributed by atoms with van der Waals surface area (Å²) in [5.41, 5.74) is 4.45. The molecule has 2 nitrogen and oxygen atoms in total. The van der Waals surface area contributed by atoms with E-state index in [9.17, 15) is 9.18 Å². The molecule has 1 amide bonds. The predicted octanol–water partition coefficient (Wildman–Crippen LogP) is 4.20. The number of nitrogens with one attached hydrogen (secondary N) is 1. The van der Waals surface area contributed by atoms with Crippen molar-refractivity contribution >= 4 is 5.91 Å². The fourth-order valence-electron chi connectivity index (χ4n) is 2.99. The van der Waals surface area contributed by atoms with Crippen molar-refractivity contribution in [3.63, 3.8) is 0 Å². The van der Waals surface area contributed by atoms with Crippen LogP contribution < -0.4 is 5.32 Å². The Hall–Kier alpha value is -2.16. The normalized spacial score (nSPS) is 15.0.